The molecule has 2 aromatic rings. The van der Waals surface area contributed by atoms with Gasteiger partial charge in [0.05, 0.1) is 6.42 Å². The van der Waals surface area contributed by atoms with Crippen LogP contribution in [-0.4, -0.2) is 30.7 Å². The van der Waals surface area contributed by atoms with E-state index < -0.39 is 30.7 Å². The Hall–Kier alpha value is -2.77. The molecule has 0 saturated carbocycles. The summed E-state index contributed by atoms with van der Waals surface area (Å²) in [5, 5.41) is 1.66. The summed E-state index contributed by atoms with van der Waals surface area (Å²) in [6, 6.07) is 12.9. The third kappa shape index (κ3) is 6.27. The van der Waals surface area contributed by atoms with Crippen LogP contribution in [0.15, 0.2) is 46.9 Å². The van der Waals surface area contributed by atoms with Gasteiger partial charge in [0, 0.05) is 12.0 Å². The number of furan rings is 1. The van der Waals surface area contributed by atoms with E-state index in [0.717, 1.165) is 5.56 Å². The maximum atomic E-state index is 12.0. The van der Waals surface area contributed by atoms with Gasteiger partial charge in [-0.15, -0.1) is 0 Å². The second kappa shape index (κ2) is 8.55. The minimum Gasteiger partial charge on any atom is -0.461 e. The number of benzene rings is 1. The molecule has 8 heteroatoms. The molecule has 0 aliphatic carbocycles. The molecule has 1 aromatic carbocycles. The average Bonchev–Trinajstić information content (AvgIpc) is 3.07. The molecule has 1 atom stereocenters. The molecule has 0 radical (unpaired) electrons. The first-order valence-corrected chi connectivity index (χ1v) is 7.92. The highest BCUT2D eigenvalue weighted by molar-refractivity contribution is 5.83. The van der Waals surface area contributed by atoms with Crippen molar-refractivity contribution in [2.45, 2.75) is 32.0 Å². The quantitative estimate of drug-likeness (QED) is 0.759. The lowest BCUT2D eigenvalue weighted by molar-refractivity contribution is -0.157. The van der Waals surface area contributed by atoms with Gasteiger partial charge < -0.3 is 14.5 Å². The van der Waals surface area contributed by atoms with Crippen LogP contribution in [0.25, 0.3) is 11.3 Å². The number of halogens is 3. The fraction of sp³-hybridized carbons (Fsp3) is 0.333. The molecule has 1 aromatic heterocycles. The van der Waals surface area contributed by atoms with Gasteiger partial charge >= 0.3 is 12.1 Å². The summed E-state index contributed by atoms with van der Waals surface area (Å²) < 4.78 is 46.6. The number of alkyl halides is 3. The first-order valence-electron chi connectivity index (χ1n) is 7.92. The number of nitrogens with one attached hydrogen (secondary N) is 1. The normalized spacial score (nSPS) is 12.5. The summed E-state index contributed by atoms with van der Waals surface area (Å²) in [5.41, 5.74) is 0.899. The highest BCUT2D eigenvalue weighted by Crippen LogP contribution is 2.22. The number of ether oxygens (including phenoxy) is 1. The van der Waals surface area contributed by atoms with Gasteiger partial charge in [-0.25, -0.2) is 0 Å². The van der Waals surface area contributed by atoms with Crippen molar-refractivity contribution >= 4 is 11.9 Å². The lowest BCUT2D eigenvalue weighted by Crippen LogP contribution is -2.40. The smallest absolute Gasteiger partial charge is 0.405 e. The van der Waals surface area contributed by atoms with Crippen molar-refractivity contribution in [3.05, 3.63) is 48.2 Å². The van der Waals surface area contributed by atoms with Crippen LogP contribution in [0.5, 0.6) is 0 Å². The van der Waals surface area contributed by atoms with Crippen LogP contribution in [0.1, 0.15) is 19.1 Å². The van der Waals surface area contributed by atoms with Gasteiger partial charge in [0.1, 0.15) is 18.1 Å². The number of hydrogen-bond acceptors (Lipinski definition) is 4. The van der Waals surface area contributed by atoms with Crippen LogP contribution >= 0.6 is 0 Å². The number of amides is 1. The van der Waals surface area contributed by atoms with Crippen LogP contribution in [0, 0.1) is 0 Å². The Labute approximate surface area is 148 Å². The Kier molecular flexibility index (Phi) is 6.43. The lowest BCUT2D eigenvalue weighted by Gasteiger charge is -2.14. The Morgan fingerprint density at radius 1 is 1.15 bits per heavy atom. The highest BCUT2D eigenvalue weighted by atomic mass is 19.4. The predicted molar refractivity (Wildman–Crippen MR) is 87.1 cm³/mol. The Bertz CT molecular complexity index is 740. The molecule has 0 saturated heterocycles. The first-order chi connectivity index (χ1) is 12.2. The van der Waals surface area contributed by atoms with E-state index in [4.69, 9.17) is 9.15 Å². The molecule has 26 heavy (non-hydrogen) atoms. The van der Waals surface area contributed by atoms with E-state index >= 15 is 0 Å². The van der Waals surface area contributed by atoms with Gasteiger partial charge in [0.25, 0.3) is 5.91 Å². The zero-order chi connectivity index (χ0) is 19.2. The summed E-state index contributed by atoms with van der Waals surface area (Å²) in [6.45, 7) is -0.258. The summed E-state index contributed by atoms with van der Waals surface area (Å²) >= 11 is 0. The van der Waals surface area contributed by atoms with E-state index in [1.807, 2.05) is 30.3 Å². The number of esters is 1. The molecule has 1 N–H and O–H groups in total. The number of hydrogen-bond donors (Lipinski definition) is 1. The van der Waals surface area contributed by atoms with Gasteiger partial charge in [-0.1, -0.05) is 30.3 Å². The van der Waals surface area contributed by atoms with E-state index in [1.165, 1.54) is 6.92 Å². The molecule has 0 spiro atoms. The molecule has 5 nitrogen and oxygen atoms in total. The molecule has 0 bridgehead atoms. The van der Waals surface area contributed by atoms with Gasteiger partial charge in [-0.2, -0.15) is 13.2 Å². The Balaban J connectivity index is 1.78. The average molecular weight is 369 g/mol. The standard InChI is InChI=1S/C18H18F3NO4/c1-12(17(24)22-11-18(19,20)21)25-16(23)10-8-14-7-9-15(26-14)13-5-3-2-4-6-13/h2-7,9,12H,8,10-11H2,1H3,(H,22,24)/t12-/m0/s1. The number of aryl methyl sites for hydroxylation is 1. The molecule has 0 aliphatic heterocycles. The monoisotopic (exact) mass is 369 g/mol. The summed E-state index contributed by atoms with van der Waals surface area (Å²) in [5.74, 6) is -0.471. The maximum absolute atomic E-state index is 12.0. The highest BCUT2D eigenvalue weighted by Gasteiger charge is 2.29. The molecule has 0 aliphatic rings. The second-order valence-corrected chi connectivity index (χ2v) is 5.60. The summed E-state index contributed by atoms with van der Waals surface area (Å²) in [4.78, 5) is 23.2. The van der Waals surface area contributed by atoms with Crippen molar-refractivity contribution in [2.75, 3.05) is 6.54 Å². The van der Waals surface area contributed by atoms with E-state index in [-0.39, 0.29) is 12.8 Å². The van der Waals surface area contributed by atoms with Crippen molar-refractivity contribution < 1.29 is 31.9 Å². The zero-order valence-electron chi connectivity index (χ0n) is 14.0. The first kappa shape index (κ1) is 19.6. The van der Waals surface area contributed by atoms with Crippen molar-refractivity contribution in [1.29, 1.82) is 0 Å². The fourth-order valence-corrected chi connectivity index (χ4v) is 2.14. The van der Waals surface area contributed by atoms with Crippen LogP contribution in [0.4, 0.5) is 13.2 Å². The Morgan fingerprint density at radius 3 is 2.50 bits per heavy atom. The molecule has 2 rings (SSSR count). The number of carbonyl (C=O) groups is 2. The zero-order valence-corrected chi connectivity index (χ0v) is 14.0. The SMILES string of the molecule is C[C@H](OC(=O)CCc1ccc(-c2ccccc2)o1)C(=O)NCC(F)(F)F. The van der Waals surface area contributed by atoms with Gasteiger partial charge in [0.15, 0.2) is 6.10 Å². The van der Waals surface area contributed by atoms with E-state index in [0.29, 0.717) is 11.5 Å². The predicted octanol–water partition coefficient (Wildman–Crippen LogP) is 3.49. The number of rotatable bonds is 7. The molecular weight excluding hydrogens is 351 g/mol. The summed E-state index contributed by atoms with van der Waals surface area (Å²) in [6.07, 6.45) is -5.63. The van der Waals surface area contributed by atoms with Crippen molar-refractivity contribution in [2.24, 2.45) is 0 Å². The van der Waals surface area contributed by atoms with Crippen molar-refractivity contribution in [1.82, 2.24) is 5.32 Å². The number of carbonyl (C=O) groups excluding carboxylic acids is 2. The van der Waals surface area contributed by atoms with Crippen LogP contribution < -0.4 is 5.32 Å². The minimum atomic E-state index is -4.52. The maximum Gasteiger partial charge on any atom is 0.405 e. The third-order valence-electron chi connectivity index (χ3n) is 3.44. The second-order valence-electron chi connectivity index (χ2n) is 5.60. The van der Waals surface area contributed by atoms with Crippen molar-refractivity contribution in [3.8, 4) is 11.3 Å². The van der Waals surface area contributed by atoms with E-state index in [1.54, 1.807) is 17.4 Å². The van der Waals surface area contributed by atoms with E-state index in [9.17, 15) is 22.8 Å². The summed E-state index contributed by atoms with van der Waals surface area (Å²) in [7, 11) is 0. The van der Waals surface area contributed by atoms with Gasteiger partial charge in [-0.3, -0.25) is 9.59 Å². The molecule has 1 amide bonds. The Morgan fingerprint density at radius 2 is 1.85 bits per heavy atom. The van der Waals surface area contributed by atoms with Crippen molar-refractivity contribution in [3.63, 3.8) is 0 Å². The third-order valence-corrected chi connectivity index (χ3v) is 3.44. The van der Waals surface area contributed by atoms with E-state index in [2.05, 4.69) is 0 Å². The van der Waals surface area contributed by atoms with Gasteiger partial charge in [-0.05, 0) is 19.1 Å². The van der Waals surface area contributed by atoms with Crippen LogP contribution in [0.3, 0.4) is 0 Å². The largest absolute Gasteiger partial charge is 0.461 e. The molecule has 0 unspecified atom stereocenters. The molecule has 1 heterocycles. The fourth-order valence-electron chi connectivity index (χ4n) is 2.14. The molecule has 140 valence electrons. The molecule has 0 fully saturated rings. The minimum absolute atomic E-state index is 0.0569. The topological polar surface area (TPSA) is 68.5 Å². The molecular formula is C18H18F3NO4. The van der Waals surface area contributed by atoms with Crippen LogP contribution in [-0.2, 0) is 20.7 Å². The van der Waals surface area contributed by atoms with Crippen LogP contribution in [0.2, 0.25) is 0 Å². The van der Waals surface area contributed by atoms with Gasteiger partial charge in [0.2, 0.25) is 0 Å². The lowest BCUT2D eigenvalue weighted by atomic mass is 10.2.